The Morgan fingerprint density at radius 3 is 2.54 bits per heavy atom. The van der Waals surface area contributed by atoms with Crippen LogP contribution in [-0.4, -0.2) is 31.6 Å². The Hall–Kier alpha value is -2.70. The second-order valence-corrected chi connectivity index (χ2v) is 6.04. The van der Waals surface area contributed by atoms with E-state index < -0.39 is 11.7 Å². The van der Waals surface area contributed by atoms with Gasteiger partial charge in [0.2, 0.25) is 0 Å². The van der Waals surface area contributed by atoms with E-state index in [9.17, 15) is 18.0 Å². The third kappa shape index (κ3) is 3.47. The molecular weight excluding hydrogens is 347 g/mol. The van der Waals surface area contributed by atoms with Crippen LogP contribution in [0.2, 0.25) is 0 Å². The Morgan fingerprint density at radius 1 is 1.12 bits per heavy atom. The van der Waals surface area contributed by atoms with E-state index in [1.807, 2.05) is 0 Å². The number of benzene rings is 2. The molecule has 138 valence electrons. The van der Waals surface area contributed by atoms with Crippen molar-refractivity contribution in [2.75, 3.05) is 20.8 Å². The number of ether oxygens (including phenoxy) is 2. The summed E-state index contributed by atoms with van der Waals surface area (Å²) in [5.41, 5.74) is 0.962. The molecule has 3 rings (SSSR count). The van der Waals surface area contributed by atoms with E-state index >= 15 is 0 Å². The lowest BCUT2D eigenvalue weighted by molar-refractivity contribution is -0.137. The molecule has 2 aromatic carbocycles. The van der Waals surface area contributed by atoms with E-state index in [-0.39, 0.29) is 12.5 Å². The first-order valence-corrected chi connectivity index (χ1v) is 8.04. The van der Waals surface area contributed by atoms with Crippen LogP contribution in [-0.2, 0) is 19.1 Å². The van der Waals surface area contributed by atoms with Crippen molar-refractivity contribution in [2.24, 2.45) is 0 Å². The van der Waals surface area contributed by atoms with Gasteiger partial charge in [-0.2, -0.15) is 13.2 Å². The van der Waals surface area contributed by atoms with Crippen molar-refractivity contribution in [3.63, 3.8) is 0 Å². The molecule has 0 fully saturated rings. The summed E-state index contributed by atoms with van der Waals surface area (Å²) < 4.78 is 49.2. The fraction of sp³-hybridized carbons (Fsp3) is 0.316. The van der Waals surface area contributed by atoms with Crippen molar-refractivity contribution in [3.8, 4) is 11.5 Å². The highest BCUT2D eigenvalue weighted by Gasteiger charge is 2.32. The third-order valence-corrected chi connectivity index (χ3v) is 4.39. The second-order valence-electron chi connectivity index (χ2n) is 6.04. The molecule has 0 saturated heterocycles. The number of nitrogens with zero attached hydrogens (tertiary/aromatic N) is 1. The quantitative estimate of drug-likeness (QED) is 0.824. The van der Waals surface area contributed by atoms with Gasteiger partial charge in [0.25, 0.3) is 5.91 Å². The number of fused-ring (bicyclic) bond motifs is 1. The van der Waals surface area contributed by atoms with E-state index in [2.05, 4.69) is 0 Å². The van der Waals surface area contributed by atoms with Gasteiger partial charge in [-0.1, -0.05) is 12.1 Å². The zero-order valence-corrected chi connectivity index (χ0v) is 14.4. The summed E-state index contributed by atoms with van der Waals surface area (Å²) in [5, 5.41) is 0. The molecule has 0 N–H and O–H groups in total. The van der Waals surface area contributed by atoms with Gasteiger partial charge < -0.3 is 14.4 Å². The molecule has 2 aromatic rings. The van der Waals surface area contributed by atoms with Crippen LogP contribution in [0.3, 0.4) is 0 Å². The largest absolute Gasteiger partial charge is 0.497 e. The SMILES string of the molecule is COc1cc2c(c(OC)c1)C(=O)N(Cc1cccc(C(F)(F)F)c1)CC2. The Labute approximate surface area is 149 Å². The molecule has 1 amide bonds. The first kappa shape index (κ1) is 18.1. The van der Waals surface area contributed by atoms with Crippen LogP contribution >= 0.6 is 0 Å². The summed E-state index contributed by atoms with van der Waals surface area (Å²) in [6, 6.07) is 8.46. The highest BCUT2D eigenvalue weighted by Crippen LogP contribution is 2.34. The van der Waals surface area contributed by atoms with Gasteiger partial charge in [-0.15, -0.1) is 0 Å². The van der Waals surface area contributed by atoms with Gasteiger partial charge in [0, 0.05) is 19.2 Å². The first-order chi connectivity index (χ1) is 12.3. The molecule has 26 heavy (non-hydrogen) atoms. The minimum Gasteiger partial charge on any atom is -0.497 e. The summed E-state index contributed by atoms with van der Waals surface area (Å²) in [5.74, 6) is 0.737. The molecule has 0 aromatic heterocycles. The minimum atomic E-state index is -4.41. The minimum absolute atomic E-state index is 0.109. The van der Waals surface area contributed by atoms with Gasteiger partial charge in [0.05, 0.1) is 25.3 Å². The molecule has 7 heteroatoms. The molecule has 1 heterocycles. The highest BCUT2D eigenvalue weighted by atomic mass is 19.4. The molecule has 4 nitrogen and oxygen atoms in total. The topological polar surface area (TPSA) is 38.8 Å². The lowest BCUT2D eigenvalue weighted by Gasteiger charge is -2.30. The molecule has 1 aliphatic rings. The maximum atomic E-state index is 12.9. The Morgan fingerprint density at radius 2 is 1.88 bits per heavy atom. The van der Waals surface area contributed by atoms with Gasteiger partial charge in [0.1, 0.15) is 11.5 Å². The standard InChI is InChI=1S/C19H18F3NO3/c1-25-15-9-13-6-7-23(18(24)17(13)16(10-15)26-2)11-12-4-3-5-14(8-12)19(20,21)22/h3-5,8-10H,6-7,11H2,1-2H3. The fourth-order valence-electron chi connectivity index (χ4n) is 3.10. The molecule has 0 spiro atoms. The molecule has 0 atom stereocenters. The van der Waals surface area contributed by atoms with Crippen LogP contribution in [0.5, 0.6) is 11.5 Å². The Balaban J connectivity index is 1.88. The van der Waals surface area contributed by atoms with E-state index in [0.717, 1.165) is 17.7 Å². The van der Waals surface area contributed by atoms with Crippen molar-refractivity contribution < 1.29 is 27.4 Å². The van der Waals surface area contributed by atoms with Crippen molar-refractivity contribution >= 4 is 5.91 Å². The summed E-state index contributed by atoms with van der Waals surface area (Å²) in [4.78, 5) is 14.4. The van der Waals surface area contributed by atoms with Crippen molar-refractivity contribution in [3.05, 3.63) is 58.7 Å². The van der Waals surface area contributed by atoms with Crippen molar-refractivity contribution in [1.82, 2.24) is 4.90 Å². The Bertz CT molecular complexity index is 816. The highest BCUT2D eigenvalue weighted by molar-refractivity contribution is 5.99. The van der Waals surface area contributed by atoms with Gasteiger partial charge >= 0.3 is 6.18 Å². The summed E-state index contributed by atoms with van der Waals surface area (Å²) in [6.07, 6.45) is -3.83. The summed E-state index contributed by atoms with van der Waals surface area (Å²) >= 11 is 0. The predicted octanol–water partition coefficient (Wildman–Crippen LogP) is 3.92. The number of hydrogen-bond donors (Lipinski definition) is 0. The van der Waals surface area contributed by atoms with Gasteiger partial charge in [0.15, 0.2) is 0 Å². The van der Waals surface area contributed by atoms with E-state index in [0.29, 0.717) is 35.6 Å². The van der Waals surface area contributed by atoms with E-state index in [4.69, 9.17) is 9.47 Å². The smallest absolute Gasteiger partial charge is 0.416 e. The predicted molar refractivity (Wildman–Crippen MR) is 89.4 cm³/mol. The zero-order chi connectivity index (χ0) is 18.9. The molecule has 0 unspecified atom stereocenters. The number of carbonyl (C=O) groups is 1. The third-order valence-electron chi connectivity index (χ3n) is 4.39. The lowest BCUT2D eigenvalue weighted by atomic mass is 9.97. The number of amides is 1. The molecular formula is C19H18F3NO3. The van der Waals surface area contributed by atoms with Crippen LogP contribution in [0.4, 0.5) is 13.2 Å². The average Bonchev–Trinajstić information content (AvgIpc) is 2.62. The van der Waals surface area contributed by atoms with Crippen LogP contribution < -0.4 is 9.47 Å². The number of rotatable bonds is 4. The van der Waals surface area contributed by atoms with Crippen LogP contribution in [0, 0.1) is 0 Å². The summed E-state index contributed by atoms with van der Waals surface area (Å²) in [7, 11) is 3.00. The zero-order valence-electron chi connectivity index (χ0n) is 14.4. The number of methoxy groups -OCH3 is 2. The van der Waals surface area contributed by atoms with Crippen LogP contribution in [0.1, 0.15) is 27.0 Å². The fourth-order valence-corrected chi connectivity index (χ4v) is 3.10. The summed E-state index contributed by atoms with van der Waals surface area (Å²) in [6.45, 7) is 0.524. The van der Waals surface area contributed by atoms with E-state index in [1.54, 1.807) is 18.2 Å². The van der Waals surface area contributed by atoms with Gasteiger partial charge in [-0.3, -0.25) is 4.79 Å². The molecule has 0 aliphatic carbocycles. The van der Waals surface area contributed by atoms with Gasteiger partial charge in [-0.25, -0.2) is 0 Å². The average molecular weight is 365 g/mol. The normalized spacial score (nSPS) is 14.2. The van der Waals surface area contributed by atoms with Gasteiger partial charge in [-0.05, 0) is 35.7 Å². The van der Waals surface area contributed by atoms with Crippen LogP contribution in [0.15, 0.2) is 36.4 Å². The second kappa shape index (κ2) is 6.90. The molecule has 0 bridgehead atoms. The number of halogens is 3. The Kier molecular flexibility index (Phi) is 4.80. The maximum Gasteiger partial charge on any atom is 0.416 e. The number of carbonyl (C=O) groups excluding carboxylic acids is 1. The van der Waals surface area contributed by atoms with Crippen molar-refractivity contribution in [2.45, 2.75) is 19.1 Å². The maximum absolute atomic E-state index is 12.9. The lowest BCUT2D eigenvalue weighted by Crippen LogP contribution is -2.37. The van der Waals surface area contributed by atoms with Crippen molar-refractivity contribution in [1.29, 1.82) is 0 Å². The number of alkyl halides is 3. The first-order valence-electron chi connectivity index (χ1n) is 8.04. The monoisotopic (exact) mass is 365 g/mol. The number of hydrogen-bond acceptors (Lipinski definition) is 3. The molecule has 1 aliphatic heterocycles. The van der Waals surface area contributed by atoms with Crippen LogP contribution in [0.25, 0.3) is 0 Å². The molecule has 0 radical (unpaired) electrons. The van der Waals surface area contributed by atoms with E-state index in [1.165, 1.54) is 25.2 Å². The molecule has 0 saturated carbocycles.